The molecule has 0 aliphatic carbocycles. The van der Waals surface area contributed by atoms with Crippen molar-refractivity contribution in [1.82, 2.24) is 0 Å². The van der Waals surface area contributed by atoms with Crippen LogP contribution in [0.2, 0.25) is 0 Å². The number of likely N-dealkylation sites (N-methyl/N-ethyl adjacent to an activating group) is 1. The van der Waals surface area contributed by atoms with Gasteiger partial charge in [0.1, 0.15) is 24.6 Å². The predicted molar refractivity (Wildman–Crippen MR) is 80.1 cm³/mol. The summed E-state index contributed by atoms with van der Waals surface area (Å²) >= 11 is 5.91. The SMILES string of the molecule is CCC(C)(Cl)C(=O)OCCOP(=O)(O)OCC[N+](C)(C)C. The highest BCUT2D eigenvalue weighted by Gasteiger charge is 2.30. The van der Waals surface area contributed by atoms with E-state index < -0.39 is 18.7 Å². The van der Waals surface area contributed by atoms with Crippen LogP contribution in [-0.4, -0.2) is 67.7 Å². The van der Waals surface area contributed by atoms with Gasteiger partial charge in [0.15, 0.2) is 0 Å². The first-order valence-electron chi connectivity index (χ1n) is 6.68. The maximum absolute atomic E-state index is 11.5. The Balaban J connectivity index is 3.95. The van der Waals surface area contributed by atoms with Gasteiger partial charge >= 0.3 is 13.8 Å². The van der Waals surface area contributed by atoms with E-state index in [1.807, 2.05) is 21.1 Å². The Morgan fingerprint density at radius 3 is 2.24 bits per heavy atom. The topological polar surface area (TPSA) is 82.1 Å². The van der Waals surface area contributed by atoms with E-state index in [1.54, 1.807) is 13.8 Å². The zero-order chi connectivity index (χ0) is 16.7. The molecule has 21 heavy (non-hydrogen) atoms. The molecule has 0 amide bonds. The van der Waals surface area contributed by atoms with Gasteiger partial charge < -0.3 is 14.1 Å². The number of carbonyl (C=O) groups excluding carboxylic acids is 1. The van der Waals surface area contributed by atoms with Gasteiger partial charge in [0, 0.05) is 0 Å². The van der Waals surface area contributed by atoms with Gasteiger partial charge in [-0.05, 0) is 13.3 Å². The van der Waals surface area contributed by atoms with Crippen LogP contribution in [0.1, 0.15) is 20.3 Å². The number of halogens is 1. The number of nitrogens with zero attached hydrogens (tertiary/aromatic N) is 1. The van der Waals surface area contributed by atoms with Gasteiger partial charge in [0.25, 0.3) is 0 Å². The molecule has 0 radical (unpaired) electrons. The van der Waals surface area contributed by atoms with Gasteiger partial charge in [0.05, 0.1) is 27.7 Å². The summed E-state index contributed by atoms with van der Waals surface area (Å²) in [5.41, 5.74) is 0. The second kappa shape index (κ2) is 8.46. The number of hydrogen-bond donors (Lipinski definition) is 1. The van der Waals surface area contributed by atoms with E-state index in [0.717, 1.165) is 0 Å². The zero-order valence-corrected chi connectivity index (χ0v) is 14.9. The molecule has 0 aromatic heterocycles. The summed E-state index contributed by atoms with van der Waals surface area (Å²) in [6.07, 6.45) is 0.418. The third kappa shape index (κ3) is 10.2. The molecule has 9 heteroatoms. The van der Waals surface area contributed by atoms with Crippen LogP contribution < -0.4 is 0 Å². The number of esters is 1. The van der Waals surface area contributed by atoms with Crippen molar-refractivity contribution in [1.29, 1.82) is 0 Å². The Morgan fingerprint density at radius 2 is 1.76 bits per heavy atom. The second-order valence-corrected chi connectivity index (χ2v) is 8.12. The molecular weight excluding hydrogens is 321 g/mol. The molecule has 7 nitrogen and oxygen atoms in total. The molecule has 0 bridgehead atoms. The van der Waals surface area contributed by atoms with Crippen LogP contribution in [0.15, 0.2) is 0 Å². The van der Waals surface area contributed by atoms with Gasteiger partial charge in [-0.2, -0.15) is 0 Å². The Kier molecular flexibility index (Phi) is 8.39. The highest BCUT2D eigenvalue weighted by Crippen LogP contribution is 2.42. The molecule has 0 aliphatic heterocycles. The number of carbonyl (C=O) groups is 1. The lowest BCUT2D eigenvalue weighted by Crippen LogP contribution is -2.37. The number of ether oxygens (including phenoxy) is 1. The van der Waals surface area contributed by atoms with Crippen molar-refractivity contribution < 1.29 is 32.5 Å². The van der Waals surface area contributed by atoms with Gasteiger partial charge in [-0.25, -0.2) is 4.57 Å². The first-order valence-corrected chi connectivity index (χ1v) is 8.55. The van der Waals surface area contributed by atoms with Crippen molar-refractivity contribution >= 4 is 25.4 Å². The summed E-state index contributed by atoms with van der Waals surface area (Å²) in [5.74, 6) is -0.589. The average molecular weight is 347 g/mol. The molecule has 126 valence electrons. The minimum atomic E-state index is -4.12. The number of phosphoric acid groups is 1. The van der Waals surface area contributed by atoms with Gasteiger partial charge in [-0.1, -0.05) is 6.92 Å². The van der Waals surface area contributed by atoms with Crippen molar-refractivity contribution in [2.24, 2.45) is 0 Å². The third-order valence-electron chi connectivity index (χ3n) is 2.68. The normalized spacial score (nSPS) is 17.9. The van der Waals surface area contributed by atoms with Gasteiger partial charge in [-0.3, -0.25) is 13.8 Å². The van der Waals surface area contributed by atoms with Crippen LogP contribution in [0.25, 0.3) is 0 Å². The molecule has 0 aromatic rings. The highest BCUT2D eigenvalue weighted by atomic mass is 35.5. The minimum absolute atomic E-state index is 0.0899. The first kappa shape index (κ1) is 20.8. The summed E-state index contributed by atoms with van der Waals surface area (Å²) in [5, 5.41) is 0. The van der Waals surface area contributed by atoms with Crippen molar-refractivity contribution in [2.75, 3.05) is 47.5 Å². The Morgan fingerprint density at radius 1 is 1.24 bits per heavy atom. The molecule has 0 saturated heterocycles. The lowest BCUT2D eigenvalue weighted by Gasteiger charge is -2.24. The number of rotatable bonds is 10. The van der Waals surface area contributed by atoms with Crippen molar-refractivity contribution in [2.45, 2.75) is 25.1 Å². The molecule has 1 N–H and O–H groups in total. The molecule has 0 rings (SSSR count). The van der Waals surface area contributed by atoms with E-state index in [2.05, 4.69) is 0 Å². The number of hydrogen-bond acceptors (Lipinski definition) is 5. The van der Waals surface area contributed by atoms with Crippen LogP contribution >= 0.6 is 19.4 Å². The summed E-state index contributed by atoms with van der Waals surface area (Å²) in [4.78, 5) is 19.9. The molecule has 0 saturated carbocycles. The zero-order valence-electron chi connectivity index (χ0n) is 13.3. The van der Waals surface area contributed by atoms with Gasteiger partial charge in [-0.15, -0.1) is 11.6 Å². The number of alkyl halides is 1. The second-order valence-electron chi connectivity index (χ2n) is 5.84. The molecular formula is C12H26ClNO6P+. The molecule has 0 fully saturated rings. The fraction of sp³-hybridized carbons (Fsp3) is 0.917. The van der Waals surface area contributed by atoms with E-state index >= 15 is 0 Å². The lowest BCUT2D eigenvalue weighted by atomic mass is 10.1. The smallest absolute Gasteiger partial charge is 0.462 e. The van der Waals surface area contributed by atoms with E-state index in [-0.39, 0.29) is 19.8 Å². The molecule has 2 atom stereocenters. The number of phosphoric ester groups is 1. The quantitative estimate of drug-likeness (QED) is 0.213. The van der Waals surface area contributed by atoms with Crippen LogP contribution in [0.3, 0.4) is 0 Å². The highest BCUT2D eigenvalue weighted by molar-refractivity contribution is 7.47. The van der Waals surface area contributed by atoms with Crippen molar-refractivity contribution in [3.63, 3.8) is 0 Å². The minimum Gasteiger partial charge on any atom is -0.462 e. The first-order chi connectivity index (χ1) is 9.40. The molecule has 0 aliphatic rings. The largest absolute Gasteiger partial charge is 0.472 e. The van der Waals surface area contributed by atoms with E-state index in [0.29, 0.717) is 17.4 Å². The summed E-state index contributed by atoms with van der Waals surface area (Å²) < 4.78 is 26.5. The van der Waals surface area contributed by atoms with E-state index in [9.17, 15) is 14.3 Å². The van der Waals surface area contributed by atoms with Crippen LogP contribution in [0.5, 0.6) is 0 Å². The maximum Gasteiger partial charge on any atom is 0.472 e. The fourth-order valence-corrected chi connectivity index (χ4v) is 1.80. The molecule has 0 heterocycles. The summed E-state index contributed by atoms with van der Waals surface area (Å²) in [7, 11) is 1.68. The standard InChI is InChI=1S/C12H25ClNO6P/c1-6-12(2,13)11(15)18-9-10-20-21(16,17)19-8-7-14(3,4)5/h6-10H2,1-5H3/p+1. The molecule has 0 spiro atoms. The Labute approximate surface area is 131 Å². The van der Waals surface area contributed by atoms with E-state index in [4.69, 9.17) is 25.4 Å². The Bertz CT molecular complexity index is 382. The maximum atomic E-state index is 11.5. The van der Waals surface area contributed by atoms with Crippen LogP contribution in [-0.2, 0) is 23.1 Å². The number of quaternary nitrogens is 1. The molecule has 2 unspecified atom stereocenters. The average Bonchev–Trinajstić information content (AvgIpc) is 2.32. The van der Waals surface area contributed by atoms with E-state index in [1.165, 1.54) is 0 Å². The van der Waals surface area contributed by atoms with Crippen LogP contribution in [0, 0.1) is 0 Å². The summed E-state index contributed by atoms with van der Waals surface area (Å²) in [6, 6.07) is 0. The van der Waals surface area contributed by atoms with Crippen molar-refractivity contribution in [3.05, 3.63) is 0 Å². The monoisotopic (exact) mass is 346 g/mol. The lowest BCUT2D eigenvalue weighted by molar-refractivity contribution is -0.870. The van der Waals surface area contributed by atoms with Crippen LogP contribution in [0.4, 0.5) is 0 Å². The fourth-order valence-electron chi connectivity index (χ4n) is 1.05. The van der Waals surface area contributed by atoms with Crippen molar-refractivity contribution in [3.8, 4) is 0 Å². The third-order valence-corrected chi connectivity index (χ3v) is 4.12. The summed E-state index contributed by atoms with van der Waals surface area (Å²) in [6.45, 7) is 3.55. The Hall–Kier alpha value is -0.170. The predicted octanol–water partition coefficient (Wildman–Crippen LogP) is 1.78. The van der Waals surface area contributed by atoms with Gasteiger partial charge in [0.2, 0.25) is 0 Å². The molecule has 0 aromatic carbocycles.